The van der Waals surface area contributed by atoms with Crippen LogP contribution in [0.5, 0.6) is 0 Å². The number of nitrogen functional groups attached to an aromatic ring is 1. The van der Waals surface area contributed by atoms with Crippen LogP contribution in [-0.2, 0) is 14.3 Å². The van der Waals surface area contributed by atoms with E-state index in [-0.39, 0.29) is 12.6 Å². The van der Waals surface area contributed by atoms with E-state index in [1.54, 1.807) is 0 Å². The summed E-state index contributed by atoms with van der Waals surface area (Å²) in [5.74, 6) is 5.90. The number of anilines is 1. The van der Waals surface area contributed by atoms with Crippen LogP contribution >= 0.6 is 11.6 Å². The maximum atomic E-state index is 12.6. The highest BCUT2D eigenvalue weighted by molar-refractivity contribution is 6.30. The Balaban J connectivity index is 2.25. The van der Waals surface area contributed by atoms with Crippen LogP contribution in [0.25, 0.3) is 22.0 Å². The van der Waals surface area contributed by atoms with E-state index >= 15 is 0 Å². The molecule has 3 N–H and O–H groups in total. The zero-order valence-corrected chi connectivity index (χ0v) is 21.7. The SMILES string of the molecule is Cc1cc2nc(NN)ccc2c(-c2ccc(Cl)cc2)c1C(COC(=O)C(C)(C)C)OC(C)(C)C. The minimum absolute atomic E-state index is 0.0934. The van der Waals surface area contributed by atoms with E-state index < -0.39 is 17.1 Å². The van der Waals surface area contributed by atoms with Crippen molar-refractivity contribution < 1.29 is 14.3 Å². The van der Waals surface area contributed by atoms with Gasteiger partial charge in [-0.05, 0) is 101 Å². The Hall–Kier alpha value is -2.67. The smallest absolute Gasteiger partial charge is 0.311 e. The Bertz CT molecular complexity index is 1180. The molecule has 3 aromatic rings. The van der Waals surface area contributed by atoms with Gasteiger partial charge in [-0.3, -0.25) is 4.79 Å². The first-order valence-electron chi connectivity index (χ1n) is 11.3. The summed E-state index contributed by atoms with van der Waals surface area (Å²) in [4.78, 5) is 17.3. The number of hydrazine groups is 1. The van der Waals surface area contributed by atoms with Gasteiger partial charge in [0.1, 0.15) is 18.5 Å². The van der Waals surface area contributed by atoms with Gasteiger partial charge in [-0.25, -0.2) is 10.8 Å². The lowest BCUT2D eigenvalue weighted by molar-refractivity contribution is -0.162. The second kappa shape index (κ2) is 9.90. The molecule has 3 rings (SSSR count). The number of fused-ring (bicyclic) bond motifs is 1. The van der Waals surface area contributed by atoms with Crippen molar-refractivity contribution in [2.24, 2.45) is 11.3 Å². The van der Waals surface area contributed by atoms with Gasteiger partial charge in [-0.2, -0.15) is 0 Å². The number of nitrogens with one attached hydrogen (secondary N) is 1. The van der Waals surface area contributed by atoms with Crippen molar-refractivity contribution in [2.75, 3.05) is 12.0 Å². The van der Waals surface area contributed by atoms with Gasteiger partial charge in [-0.15, -0.1) is 0 Å². The van der Waals surface area contributed by atoms with Crippen molar-refractivity contribution >= 4 is 34.3 Å². The van der Waals surface area contributed by atoms with Crippen molar-refractivity contribution in [3.05, 3.63) is 58.6 Å². The Morgan fingerprint density at radius 1 is 1.09 bits per heavy atom. The quantitative estimate of drug-likeness (QED) is 0.233. The summed E-state index contributed by atoms with van der Waals surface area (Å²) in [5, 5.41) is 1.59. The summed E-state index contributed by atoms with van der Waals surface area (Å²) < 4.78 is 12.2. The number of carbonyl (C=O) groups is 1. The number of esters is 1. The van der Waals surface area contributed by atoms with E-state index in [0.717, 1.165) is 33.2 Å². The predicted molar refractivity (Wildman–Crippen MR) is 139 cm³/mol. The minimum Gasteiger partial charge on any atom is -0.462 e. The number of pyridine rings is 1. The lowest BCUT2D eigenvalue weighted by Crippen LogP contribution is -2.30. The third-order valence-electron chi connectivity index (χ3n) is 5.32. The van der Waals surface area contributed by atoms with E-state index in [1.807, 2.05) is 90.9 Å². The number of rotatable bonds is 6. The monoisotopic (exact) mass is 483 g/mol. The number of ether oxygens (including phenoxy) is 2. The molecule has 1 heterocycles. The Kier molecular flexibility index (Phi) is 7.56. The van der Waals surface area contributed by atoms with Gasteiger partial charge in [0.05, 0.1) is 16.5 Å². The molecule has 0 radical (unpaired) electrons. The summed E-state index contributed by atoms with van der Waals surface area (Å²) >= 11 is 6.19. The van der Waals surface area contributed by atoms with Crippen LogP contribution in [0.2, 0.25) is 5.02 Å². The molecule has 182 valence electrons. The third kappa shape index (κ3) is 6.06. The van der Waals surface area contributed by atoms with E-state index in [2.05, 4.69) is 10.4 Å². The second-order valence-electron chi connectivity index (χ2n) is 10.5. The average Bonchev–Trinajstić information content (AvgIpc) is 2.74. The maximum absolute atomic E-state index is 12.6. The Morgan fingerprint density at radius 2 is 1.74 bits per heavy atom. The van der Waals surface area contributed by atoms with Gasteiger partial charge in [0, 0.05) is 10.4 Å². The van der Waals surface area contributed by atoms with E-state index in [1.165, 1.54) is 0 Å². The molecule has 0 spiro atoms. The zero-order chi connectivity index (χ0) is 25.3. The van der Waals surface area contributed by atoms with Gasteiger partial charge < -0.3 is 14.9 Å². The average molecular weight is 484 g/mol. The molecule has 34 heavy (non-hydrogen) atoms. The molecule has 0 aliphatic rings. The van der Waals surface area contributed by atoms with Crippen molar-refractivity contribution in [1.29, 1.82) is 0 Å². The fourth-order valence-electron chi connectivity index (χ4n) is 3.82. The van der Waals surface area contributed by atoms with Gasteiger partial charge in [0.25, 0.3) is 0 Å². The summed E-state index contributed by atoms with van der Waals surface area (Å²) in [7, 11) is 0. The van der Waals surface area contributed by atoms with Crippen molar-refractivity contribution in [3.63, 3.8) is 0 Å². The molecular formula is C27H34ClN3O3. The lowest BCUT2D eigenvalue weighted by atomic mass is 9.88. The van der Waals surface area contributed by atoms with E-state index in [4.69, 9.17) is 26.9 Å². The first-order chi connectivity index (χ1) is 15.8. The number of halogens is 1. The maximum Gasteiger partial charge on any atom is 0.311 e. The van der Waals surface area contributed by atoms with Gasteiger partial charge in [0.15, 0.2) is 0 Å². The number of aromatic nitrogens is 1. The normalized spacial score (nSPS) is 13.1. The Morgan fingerprint density at radius 3 is 2.29 bits per heavy atom. The number of nitrogens with zero attached hydrogens (tertiary/aromatic N) is 1. The number of aryl methyl sites for hydroxylation is 1. The molecule has 0 fully saturated rings. The molecule has 0 aliphatic carbocycles. The second-order valence-corrected chi connectivity index (χ2v) is 10.9. The van der Waals surface area contributed by atoms with Crippen LogP contribution in [-0.4, -0.2) is 23.2 Å². The molecule has 0 aliphatic heterocycles. The summed E-state index contributed by atoms with van der Waals surface area (Å²) in [6.45, 7) is 13.6. The van der Waals surface area contributed by atoms with Crippen LogP contribution in [0.4, 0.5) is 5.82 Å². The number of benzene rings is 2. The highest BCUT2D eigenvalue weighted by Gasteiger charge is 2.30. The van der Waals surface area contributed by atoms with Gasteiger partial charge in [-0.1, -0.05) is 23.7 Å². The Labute approximate surface area is 206 Å². The van der Waals surface area contributed by atoms with Crippen LogP contribution < -0.4 is 11.3 Å². The van der Waals surface area contributed by atoms with E-state index in [0.29, 0.717) is 10.8 Å². The van der Waals surface area contributed by atoms with E-state index in [9.17, 15) is 4.79 Å². The number of carbonyl (C=O) groups excluding carboxylic acids is 1. The van der Waals surface area contributed by atoms with Crippen molar-refractivity contribution in [2.45, 2.75) is 60.2 Å². The van der Waals surface area contributed by atoms with Crippen LogP contribution in [0, 0.1) is 12.3 Å². The largest absolute Gasteiger partial charge is 0.462 e. The van der Waals surface area contributed by atoms with Crippen LogP contribution in [0.15, 0.2) is 42.5 Å². The first-order valence-corrected chi connectivity index (χ1v) is 11.7. The van der Waals surface area contributed by atoms with Gasteiger partial charge >= 0.3 is 5.97 Å². The highest BCUT2D eigenvalue weighted by Crippen LogP contribution is 2.41. The van der Waals surface area contributed by atoms with Gasteiger partial charge in [0.2, 0.25) is 0 Å². The molecular weight excluding hydrogens is 450 g/mol. The molecule has 0 amide bonds. The predicted octanol–water partition coefficient (Wildman–Crippen LogP) is 6.59. The fraction of sp³-hybridized carbons (Fsp3) is 0.407. The summed E-state index contributed by atoms with van der Waals surface area (Å²) in [5.41, 5.74) is 6.17. The third-order valence-corrected chi connectivity index (χ3v) is 5.57. The molecule has 0 bridgehead atoms. The number of hydrogen-bond acceptors (Lipinski definition) is 6. The zero-order valence-electron chi connectivity index (χ0n) is 21.0. The molecule has 6 nitrogen and oxygen atoms in total. The molecule has 1 unspecified atom stereocenters. The number of nitrogens with two attached hydrogens (primary N) is 1. The molecule has 0 saturated carbocycles. The van der Waals surface area contributed by atoms with Crippen molar-refractivity contribution in [1.82, 2.24) is 4.98 Å². The minimum atomic E-state index is -0.612. The van der Waals surface area contributed by atoms with Crippen molar-refractivity contribution in [3.8, 4) is 11.1 Å². The summed E-state index contributed by atoms with van der Waals surface area (Å²) in [6.07, 6.45) is -0.492. The number of hydrogen-bond donors (Lipinski definition) is 2. The molecule has 2 aromatic carbocycles. The van der Waals surface area contributed by atoms with Crippen LogP contribution in [0.1, 0.15) is 58.8 Å². The molecule has 1 aromatic heterocycles. The summed E-state index contributed by atoms with van der Waals surface area (Å²) in [6, 6.07) is 13.5. The molecule has 7 heteroatoms. The lowest BCUT2D eigenvalue weighted by Gasteiger charge is -2.31. The first kappa shape index (κ1) is 25.9. The molecule has 0 saturated heterocycles. The standard InChI is InChI=1S/C27H34ClN3O3/c1-16-14-20-19(12-13-22(30-20)31-29)24(17-8-10-18(28)11-9-17)23(16)21(34-27(5,6)7)15-33-25(32)26(2,3)4/h8-14,21H,15,29H2,1-7H3,(H,30,31). The highest BCUT2D eigenvalue weighted by atomic mass is 35.5. The molecule has 1 atom stereocenters. The van der Waals surface area contributed by atoms with Crippen LogP contribution in [0.3, 0.4) is 0 Å². The fourth-order valence-corrected chi connectivity index (χ4v) is 3.94. The topological polar surface area (TPSA) is 86.5 Å².